The summed E-state index contributed by atoms with van der Waals surface area (Å²) in [4.78, 5) is 0. The van der Waals surface area contributed by atoms with Gasteiger partial charge in [0.1, 0.15) is 0 Å². The van der Waals surface area contributed by atoms with E-state index in [2.05, 4.69) is 4.53 Å². The van der Waals surface area contributed by atoms with E-state index in [1.165, 1.54) is 0 Å². The Labute approximate surface area is 33.6 Å². The molecule has 0 rings (SSSR count). The second-order valence-corrected chi connectivity index (χ2v) is 3.08. The molecule has 0 spiro atoms. The summed E-state index contributed by atoms with van der Waals surface area (Å²) in [5.41, 5.74) is 0. The zero-order valence-corrected chi connectivity index (χ0v) is 4.49. The van der Waals surface area contributed by atoms with Gasteiger partial charge in [-0.3, -0.25) is 0 Å². The van der Waals surface area contributed by atoms with Crippen molar-refractivity contribution in [1.29, 1.82) is 0 Å². The number of rotatable bonds is 1. The van der Waals surface area contributed by atoms with E-state index < -0.39 is 9.04 Å². The highest BCUT2D eigenvalue weighted by Gasteiger charge is 1.86. The Balaban J connectivity index is 2.54. The van der Waals surface area contributed by atoms with E-state index in [0.717, 1.165) is 0 Å². The topological polar surface area (TPSA) is 35.2 Å². The lowest BCUT2D eigenvalue weighted by atomic mass is 11.9. The van der Waals surface area contributed by atoms with Gasteiger partial charge in [0, 0.05) is 0 Å². The summed E-state index contributed by atoms with van der Waals surface area (Å²) in [6.45, 7) is 3.95. The summed E-state index contributed by atoms with van der Waals surface area (Å²) < 4.78 is 4.35. The molecule has 5 heavy (non-hydrogen) atoms. The highest BCUT2D eigenvalue weighted by molar-refractivity contribution is 6.48. The largest absolute Gasteiger partial charge is 0.349 e. The second-order valence-electron chi connectivity index (χ2n) is 1.03. The minimum Gasteiger partial charge on any atom is -0.349 e. The average molecular weight is 90.2 g/mol. The maximum atomic E-state index is 4.72. The van der Waals surface area contributed by atoms with E-state index in [4.69, 9.17) is 5.90 Å². The van der Waals surface area contributed by atoms with Gasteiger partial charge < -0.3 is 4.53 Å². The van der Waals surface area contributed by atoms with Crippen molar-refractivity contribution in [3.8, 4) is 0 Å². The summed E-state index contributed by atoms with van der Waals surface area (Å²) in [6, 6.07) is 0. The van der Waals surface area contributed by atoms with Crippen LogP contribution in [-0.4, -0.2) is 9.04 Å². The minimum absolute atomic E-state index is 0.596. The van der Waals surface area contributed by atoms with Gasteiger partial charge in [0.25, 0.3) is 0 Å². The Hall–Kier alpha value is 0.137. The molecular formula is C2H8NOSi. The van der Waals surface area contributed by atoms with Crippen LogP contribution in [0.15, 0.2) is 0 Å². The molecule has 0 aromatic rings. The van der Waals surface area contributed by atoms with Crippen LogP contribution < -0.4 is 5.90 Å². The van der Waals surface area contributed by atoms with Crippen LogP contribution in [0.1, 0.15) is 0 Å². The quantitative estimate of drug-likeness (QED) is 0.367. The maximum absolute atomic E-state index is 4.72. The van der Waals surface area contributed by atoms with E-state index in [9.17, 15) is 0 Å². The zero-order chi connectivity index (χ0) is 4.28. The van der Waals surface area contributed by atoms with E-state index in [-0.39, 0.29) is 0 Å². The van der Waals surface area contributed by atoms with Gasteiger partial charge in [0.05, 0.1) is 0 Å². The summed E-state index contributed by atoms with van der Waals surface area (Å²) in [5.74, 6) is 4.72. The van der Waals surface area contributed by atoms with Gasteiger partial charge in [-0.25, -0.2) is 5.90 Å². The minimum atomic E-state index is -0.596. The molecule has 0 fully saturated rings. The van der Waals surface area contributed by atoms with Crippen LogP contribution in [-0.2, 0) is 4.53 Å². The van der Waals surface area contributed by atoms with Crippen molar-refractivity contribution in [2.24, 2.45) is 5.90 Å². The molecule has 0 aliphatic carbocycles. The van der Waals surface area contributed by atoms with E-state index in [1.807, 2.05) is 13.1 Å². The van der Waals surface area contributed by atoms with Crippen LogP contribution in [0.5, 0.6) is 0 Å². The zero-order valence-electron chi connectivity index (χ0n) is 3.49. The molecule has 2 nitrogen and oxygen atoms in total. The van der Waals surface area contributed by atoms with Crippen molar-refractivity contribution >= 4 is 9.04 Å². The standard InChI is InChI=1S/C2H8NOSi/c1-5(2)4-3/h3H2,1-2H3. The molecule has 3 heteroatoms. The lowest BCUT2D eigenvalue weighted by Gasteiger charge is -1.90. The van der Waals surface area contributed by atoms with Crippen molar-refractivity contribution in [3.05, 3.63) is 0 Å². The van der Waals surface area contributed by atoms with Crippen LogP contribution in [0, 0.1) is 0 Å². The van der Waals surface area contributed by atoms with E-state index >= 15 is 0 Å². The Bertz CT molecular complexity index is 23.6. The summed E-state index contributed by atoms with van der Waals surface area (Å²) in [7, 11) is -0.596. The maximum Gasteiger partial charge on any atom is 0.234 e. The Morgan fingerprint density at radius 3 is 1.80 bits per heavy atom. The van der Waals surface area contributed by atoms with Crippen molar-refractivity contribution in [2.45, 2.75) is 13.1 Å². The molecule has 0 unspecified atom stereocenters. The molecule has 0 aliphatic rings. The summed E-state index contributed by atoms with van der Waals surface area (Å²) in [5, 5.41) is 0. The first kappa shape index (κ1) is 5.14. The van der Waals surface area contributed by atoms with Crippen molar-refractivity contribution in [3.63, 3.8) is 0 Å². The van der Waals surface area contributed by atoms with Crippen molar-refractivity contribution in [1.82, 2.24) is 0 Å². The van der Waals surface area contributed by atoms with Crippen molar-refractivity contribution < 1.29 is 4.53 Å². The molecule has 0 heterocycles. The molecule has 31 valence electrons. The monoisotopic (exact) mass is 90.0 g/mol. The third kappa shape index (κ3) is 4.14. The molecule has 0 atom stereocenters. The lowest BCUT2D eigenvalue weighted by molar-refractivity contribution is 0.345. The number of hydrogen-bond acceptors (Lipinski definition) is 2. The van der Waals surface area contributed by atoms with Crippen LogP contribution >= 0.6 is 0 Å². The molecule has 0 amide bonds. The fourth-order valence-corrected chi connectivity index (χ4v) is 0. The van der Waals surface area contributed by atoms with Crippen LogP contribution in [0.3, 0.4) is 0 Å². The highest BCUT2D eigenvalue weighted by Crippen LogP contribution is 1.69. The summed E-state index contributed by atoms with van der Waals surface area (Å²) in [6.07, 6.45) is 0. The third-order valence-electron chi connectivity index (χ3n) is 0.236. The fourth-order valence-electron chi connectivity index (χ4n) is 0. The molecule has 1 radical (unpaired) electrons. The first-order valence-electron chi connectivity index (χ1n) is 1.44. The average Bonchev–Trinajstić information content (AvgIpc) is 1.38. The molecule has 0 aliphatic heterocycles. The Morgan fingerprint density at radius 2 is 1.80 bits per heavy atom. The van der Waals surface area contributed by atoms with Gasteiger partial charge >= 0.3 is 0 Å². The molecule has 2 N–H and O–H groups in total. The smallest absolute Gasteiger partial charge is 0.234 e. The fraction of sp³-hybridized carbons (Fsp3) is 1.00. The van der Waals surface area contributed by atoms with E-state index in [0.29, 0.717) is 0 Å². The SMILES string of the molecule is C[Si](C)ON. The predicted octanol–water partition coefficient (Wildman–Crippen LogP) is 0.128. The van der Waals surface area contributed by atoms with Gasteiger partial charge in [-0.2, -0.15) is 0 Å². The molecule has 0 saturated heterocycles. The Morgan fingerprint density at radius 1 is 1.60 bits per heavy atom. The van der Waals surface area contributed by atoms with Gasteiger partial charge in [0.15, 0.2) is 0 Å². The normalized spacial score (nSPS) is 9.60. The van der Waals surface area contributed by atoms with Crippen LogP contribution in [0.25, 0.3) is 0 Å². The molecule has 0 saturated carbocycles. The number of nitrogens with two attached hydrogens (primary N) is 1. The van der Waals surface area contributed by atoms with Gasteiger partial charge in [-0.15, -0.1) is 0 Å². The second kappa shape index (κ2) is 2.38. The van der Waals surface area contributed by atoms with Crippen LogP contribution in [0.4, 0.5) is 0 Å². The molecular weight excluding hydrogens is 82.1 g/mol. The lowest BCUT2D eigenvalue weighted by Crippen LogP contribution is -2.12. The first-order valence-corrected chi connectivity index (χ1v) is 3.85. The third-order valence-corrected chi connectivity index (χ3v) is 0.707. The highest BCUT2D eigenvalue weighted by atomic mass is 28.3. The Kier molecular flexibility index (Phi) is 2.44. The van der Waals surface area contributed by atoms with Crippen LogP contribution in [0.2, 0.25) is 13.1 Å². The first-order chi connectivity index (χ1) is 2.27. The van der Waals surface area contributed by atoms with Gasteiger partial charge in [-0.05, 0) is 13.1 Å². The van der Waals surface area contributed by atoms with Crippen molar-refractivity contribution in [2.75, 3.05) is 0 Å². The predicted molar refractivity (Wildman–Crippen MR) is 22.8 cm³/mol. The molecule has 0 aromatic carbocycles. The van der Waals surface area contributed by atoms with Gasteiger partial charge in [-0.1, -0.05) is 0 Å². The molecule has 0 aromatic heterocycles. The molecule has 0 bridgehead atoms. The van der Waals surface area contributed by atoms with E-state index in [1.54, 1.807) is 0 Å². The summed E-state index contributed by atoms with van der Waals surface area (Å²) >= 11 is 0. The number of hydrogen-bond donors (Lipinski definition) is 1. The van der Waals surface area contributed by atoms with Gasteiger partial charge in [0.2, 0.25) is 9.04 Å².